The molecule has 1 unspecified atom stereocenters. The average molecular weight is 211 g/mol. The van der Waals surface area contributed by atoms with Crippen molar-refractivity contribution in [1.29, 1.82) is 0 Å². The topological polar surface area (TPSA) is 20.3 Å². The number of Topliss-reactive ketones (excluding diaryl/α,β-unsaturated/α-hetero) is 1. The normalized spacial score (nSPS) is 20.5. The van der Waals surface area contributed by atoms with E-state index in [9.17, 15) is 4.79 Å². The minimum absolute atomic E-state index is 0.331. The fraction of sp³-hybridized carbons (Fsp3) is 0.923. The first-order valence-corrected chi connectivity index (χ1v) is 6.27. The van der Waals surface area contributed by atoms with Gasteiger partial charge in [0.1, 0.15) is 5.78 Å². The highest BCUT2D eigenvalue weighted by atomic mass is 16.1. The molecule has 1 atom stereocenters. The van der Waals surface area contributed by atoms with Crippen molar-refractivity contribution in [2.24, 2.45) is 5.92 Å². The van der Waals surface area contributed by atoms with E-state index in [0.29, 0.717) is 11.8 Å². The van der Waals surface area contributed by atoms with Crippen LogP contribution in [0.5, 0.6) is 0 Å². The molecular weight excluding hydrogens is 186 g/mol. The first-order valence-electron chi connectivity index (χ1n) is 6.27. The number of rotatable bonds is 5. The summed E-state index contributed by atoms with van der Waals surface area (Å²) in [7, 11) is 4.30. The highest BCUT2D eigenvalue weighted by Gasteiger charge is 2.25. The lowest BCUT2D eigenvalue weighted by atomic mass is 9.81. The molecule has 0 aromatic carbocycles. The van der Waals surface area contributed by atoms with Crippen LogP contribution in [0, 0.1) is 5.92 Å². The number of carbonyl (C=O) groups excluding carboxylic acids is 1. The summed E-state index contributed by atoms with van der Waals surface area (Å²) in [5.41, 5.74) is 0. The summed E-state index contributed by atoms with van der Waals surface area (Å²) in [4.78, 5) is 13.4. The number of carbonyl (C=O) groups is 1. The molecule has 1 aliphatic rings. The van der Waals surface area contributed by atoms with Gasteiger partial charge in [0.25, 0.3) is 0 Å². The van der Waals surface area contributed by atoms with Crippen molar-refractivity contribution in [3.8, 4) is 0 Å². The van der Waals surface area contributed by atoms with Gasteiger partial charge >= 0.3 is 0 Å². The molecule has 0 spiro atoms. The van der Waals surface area contributed by atoms with Crippen molar-refractivity contribution < 1.29 is 4.79 Å². The molecule has 0 aliphatic heterocycles. The first-order chi connectivity index (χ1) is 7.11. The van der Waals surface area contributed by atoms with E-state index >= 15 is 0 Å². The molecule has 0 saturated heterocycles. The van der Waals surface area contributed by atoms with Crippen molar-refractivity contribution >= 4 is 5.78 Å². The summed E-state index contributed by atoms with van der Waals surface area (Å²) in [5.74, 6) is 1.16. The molecule has 1 fully saturated rings. The second-order valence-electron chi connectivity index (χ2n) is 5.17. The molecule has 0 aromatic rings. The van der Waals surface area contributed by atoms with Gasteiger partial charge in [0.05, 0.1) is 0 Å². The summed E-state index contributed by atoms with van der Waals surface area (Å²) in [5, 5.41) is 0. The van der Waals surface area contributed by atoms with E-state index in [-0.39, 0.29) is 0 Å². The Kier molecular flexibility index (Phi) is 5.30. The minimum atomic E-state index is 0.331. The largest absolute Gasteiger partial charge is 0.306 e. The van der Waals surface area contributed by atoms with E-state index in [1.54, 1.807) is 6.92 Å². The van der Waals surface area contributed by atoms with Gasteiger partial charge in [-0.15, -0.1) is 0 Å². The fourth-order valence-electron chi connectivity index (χ4n) is 2.79. The Balaban J connectivity index is 2.44. The molecule has 0 heterocycles. The summed E-state index contributed by atoms with van der Waals surface area (Å²) >= 11 is 0. The van der Waals surface area contributed by atoms with Crippen molar-refractivity contribution in [2.75, 3.05) is 14.1 Å². The predicted molar refractivity (Wildman–Crippen MR) is 64.0 cm³/mol. The molecule has 88 valence electrons. The van der Waals surface area contributed by atoms with Gasteiger partial charge in [-0.1, -0.05) is 19.3 Å². The molecule has 0 bridgehead atoms. The Hall–Kier alpha value is -0.370. The predicted octanol–water partition coefficient (Wildman–Crippen LogP) is 2.87. The number of ketones is 1. The third-order valence-electron chi connectivity index (χ3n) is 3.65. The fourth-order valence-corrected chi connectivity index (χ4v) is 2.79. The summed E-state index contributed by atoms with van der Waals surface area (Å²) in [6.07, 6.45) is 8.70. The molecule has 0 radical (unpaired) electrons. The maximum Gasteiger partial charge on any atom is 0.129 e. The molecule has 2 heteroatoms. The highest BCUT2D eigenvalue weighted by Crippen LogP contribution is 2.30. The quantitative estimate of drug-likeness (QED) is 0.697. The van der Waals surface area contributed by atoms with E-state index in [1.165, 1.54) is 32.1 Å². The van der Waals surface area contributed by atoms with Crippen LogP contribution in [0.15, 0.2) is 0 Å². The molecule has 1 aliphatic carbocycles. The Labute approximate surface area is 94.0 Å². The molecule has 0 aromatic heterocycles. The van der Waals surface area contributed by atoms with E-state index < -0.39 is 0 Å². The van der Waals surface area contributed by atoms with Crippen LogP contribution >= 0.6 is 0 Å². The monoisotopic (exact) mass is 211 g/mol. The zero-order valence-electron chi connectivity index (χ0n) is 10.5. The summed E-state index contributed by atoms with van der Waals surface area (Å²) in [6.45, 7) is 1.70. The van der Waals surface area contributed by atoms with Crippen LogP contribution < -0.4 is 0 Å². The molecule has 1 saturated carbocycles. The Morgan fingerprint density at radius 2 is 1.87 bits per heavy atom. The number of nitrogens with zero attached hydrogens (tertiary/aromatic N) is 1. The Bertz CT molecular complexity index is 195. The smallest absolute Gasteiger partial charge is 0.129 e. The first kappa shape index (κ1) is 12.7. The number of hydrogen-bond donors (Lipinski definition) is 0. The van der Waals surface area contributed by atoms with Gasteiger partial charge in [0.15, 0.2) is 0 Å². The minimum Gasteiger partial charge on any atom is -0.306 e. The van der Waals surface area contributed by atoms with Gasteiger partial charge in [0, 0.05) is 12.5 Å². The van der Waals surface area contributed by atoms with Crippen molar-refractivity contribution in [3.63, 3.8) is 0 Å². The van der Waals surface area contributed by atoms with E-state index in [4.69, 9.17) is 0 Å². The lowest BCUT2D eigenvalue weighted by molar-refractivity contribution is -0.117. The van der Waals surface area contributed by atoms with Crippen molar-refractivity contribution in [1.82, 2.24) is 4.90 Å². The van der Waals surface area contributed by atoms with E-state index in [1.807, 2.05) is 0 Å². The third kappa shape index (κ3) is 4.33. The standard InChI is InChI=1S/C13H25NO/c1-11(15)9-10-13(14(2)3)12-7-5-4-6-8-12/h12-13H,4-10H2,1-3H3. The highest BCUT2D eigenvalue weighted by molar-refractivity contribution is 5.75. The molecular formula is C13H25NO. The van der Waals surface area contributed by atoms with Gasteiger partial charge in [-0.2, -0.15) is 0 Å². The molecule has 2 nitrogen and oxygen atoms in total. The summed E-state index contributed by atoms with van der Waals surface area (Å²) < 4.78 is 0. The van der Waals surface area contributed by atoms with Gasteiger partial charge < -0.3 is 9.69 Å². The Morgan fingerprint density at radius 1 is 1.27 bits per heavy atom. The Morgan fingerprint density at radius 3 is 2.33 bits per heavy atom. The maximum atomic E-state index is 11.0. The molecule has 0 amide bonds. The van der Waals surface area contributed by atoms with Crippen molar-refractivity contribution in [2.45, 2.75) is 57.9 Å². The van der Waals surface area contributed by atoms with Gasteiger partial charge in [-0.25, -0.2) is 0 Å². The van der Waals surface area contributed by atoms with Crippen molar-refractivity contribution in [3.05, 3.63) is 0 Å². The third-order valence-corrected chi connectivity index (χ3v) is 3.65. The zero-order valence-corrected chi connectivity index (χ0v) is 10.5. The lowest BCUT2D eigenvalue weighted by Gasteiger charge is -2.34. The zero-order chi connectivity index (χ0) is 11.3. The van der Waals surface area contributed by atoms with Gasteiger partial charge in [-0.05, 0) is 46.2 Å². The van der Waals surface area contributed by atoms with E-state index in [2.05, 4.69) is 19.0 Å². The van der Waals surface area contributed by atoms with Crippen LogP contribution in [0.1, 0.15) is 51.9 Å². The number of hydrogen-bond acceptors (Lipinski definition) is 2. The molecule has 15 heavy (non-hydrogen) atoms. The lowest BCUT2D eigenvalue weighted by Crippen LogP contribution is -2.36. The second kappa shape index (κ2) is 6.26. The van der Waals surface area contributed by atoms with Gasteiger partial charge in [-0.3, -0.25) is 0 Å². The maximum absolute atomic E-state index is 11.0. The van der Waals surface area contributed by atoms with Crippen LogP contribution in [-0.2, 0) is 4.79 Å². The van der Waals surface area contributed by atoms with Crippen LogP contribution in [0.3, 0.4) is 0 Å². The van der Waals surface area contributed by atoms with Crippen LogP contribution in [-0.4, -0.2) is 30.8 Å². The average Bonchev–Trinajstić information content (AvgIpc) is 2.18. The second-order valence-corrected chi connectivity index (χ2v) is 5.17. The van der Waals surface area contributed by atoms with Crippen LogP contribution in [0.4, 0.5) is 0 Å². The van der Waals surface area contributed by atoms with Crippen LogP contribution in [0.25, 0.3) is 0 Å². The SMILES string of the molecule is CC(=O)CCC(C1CCCCC1)N(C)C. The molecule has 1 rings (SSSR count). The van der Waals surface area contributed by atoms with Gasteiger partial charge in [0.2, 0.25) is 0 Å². The van der Waals surface area contributed by atoms with Crippen LogP contribution in [0.2, 0.25) is 0 Å². The van der Waals surface area contributed by atoms with E-state index in [0.717, 1.165) is 18.8 Å². The molecule has 0 N–H and O–H groups in total. The summed E-state index contributed by atoms with van der Waals surface area (Å²) in [6, 6.07) is 0.620.